The first kappa shape index (κ1) is 23.6. The number of carbonyl (C=O) groups excluding carboxylic acids is 1. The topological polar surface area (TPSA) is 59.2 Å². The summed E-state index contributed by atoms with van der Waals surface area (Å²) in [5, 5.41) is 2.93. The van der Waals surface area contributed by atoms with Gasteiger partial charge in [-0.15, -0.1) is 47.5 Å². The molecule has 0 aliphatic carbocycles. The number of hydrogen-bond donors (Lipinski definition) is 1. The van der Waals surface area contributed by atoms with Gasteiger partial charge in [0.1, 0.15) is 9.88 Å². The van der Waals surface area contributed by atoms with Crippen LogP contribution in [-0.2, 0) is 6.42 Å². The van der Waals surface area contributed by atoms with Crippen LogP contribution in [0, 0.1) is 6.92 Å². The number of nitrogens with zero attached hydrogens (tertiary/aromatic N) is 2. The molecule has 0 radical (unpaired) electrons. The molecular weight excluding hydrogens is 421 g/mol. The van der Waals surface area contributed by atoms with Gasteiger partial charge in [-0.3, -0.25) is 4.79 Å². The lowest BCUT2D eigenvalue weighted by atomic mass is 10.1. The molecule has 0 saturated carbocycles. The number of benzene rings is 1. The van der Waals surface area contributed by atoms with E-state index in [0.717, 1.165) is 22.0 Å². The Labute approximate surface area is 180 Å². The third-order valence-corrected chi connectivity index (χ3v) is 6.11. The lowest BCUT2D eigenvalue weighted by Crippen LogP contribution is -2.36. The monoisotopic (exact) mass is 443 g/mol. The van der Waals surface area contributed by atoms with E-state index in [4.69, 9.17) is 5.73 Å². The van der Waals surface area contributed by atoms with E-state index in [1.165, 1.54) is 16.9 Å². The van der Waals surface area contributed by atoms with Crippen molar-refractivity contribution < 1.29 is 4.79 Å². The van der Waals surface area contributed by atoms with Crippen LogP contribution in [0.15, 0.2) is 47.8 Å². The zero-order valence-corrected chi connectivity index (χ0v) is 18.2. The predicted molar refractivity (Wildman–Crippen MR) is 120 cm³/mol. The van der Waals surface area contributed by atoms with E-state index in [2.05, 4.69) is 17.1 Å². The first-order valence-corrected chi connectivity index (χ1v) is 9.93. The highest BCUT2D eigenvalue weighted by Crippen LogP contribution is 2.31. The Morgan fingerprint density at radius 3 is 2.48 bits per heavy atom. The average molecular weight is 444 g/mol. The molecule has 1 amide bonds. The molecule has 2 aromatic heterocycles. The van der Waals surface area contributed by atoms with Crippen molar-refractivity contribution in [3.05, 3.63) is 64.0 Å². The minimum absolute atomic E-state index is 0. The summed E-state index contributed by atoms with van der Waals surface area (Å²) in [5.74, 6) is 0.0270. The molecule has 1 aromatic carbocycles. The summed E-state index contributed by atoms with van der Waals surface area (Å²) in [6.07, 6.45) is 0.822. The molecular formula is C19H23Cl2N3OS2. The summed E-state index contributed by atoms with van der Waals surface area (Å²) >= 11 is 3.11. The molecule has 0 aliphatic rings. The predicted octanol–water partition coefficient (Wildman–Crippen LogP) is 4.67. The normalized spacial score (nSPS) is 10.0. The van der Waals surface area contributed by atoms with Crippen molar-refractivity contribution >= 4 is 53.4 Å². The van der Waals surface area contributed by atoms with Crippen LogP contribution < -0.4 is 5.73 Å². The molecule has 0 bridgehead atoms. The van der Waals surface area contributed by atoms with Crippen molar-refractivity contribution in [2.75, 3.05) is 19.6 Å². The second-order valence-corrected chi connectivity index (χ2v) is 7.67. The molecule has 0 atom stereocenters. The maximum Gasteiger partial charge on any atom is 0.265 e. The average Bonchev–Trinajstić information content (AvgIpc) is 3.28. The van der Waals surface area contributed by atoms with Gasteiger partial charge in [0.25, 0.3) is 5.91 Å². The van der Waals surface area contributed by atoms with Gasteiger partial charge in [-0.25, -0.2) is 4.98 Å². The lowest BCUT2D eigenvalue weighted by Gasteiger charge is -2.21. The maximum absolute atomic E-state index is 13.0. The largest absolute Gasteiger partial charge is 0.336 e. The first-order valence-electron chi connectivity index (χ1n) is 8.23. The van der Waals surface area contributed by atoms with Gasteiger partial charge >= 0.3 is 0 Å². The molecule has 27 heavy (non-hydrogen) atoms. The Balaban J connectivity index is 0.00000182. The highest BCUT2D eigenvalue weighted by molar-refractivity contribution is 7.22. The van der Waals surface area contributed by atoms with Crippen molar-refractivity contribution in [1.82, 2.24) is 9.88 Å². The fourth-order valence-electron chi connectivity index (χ4n) is 2.62. The maximum atomic E-state index is 13.0. The summed E-state index contributed by atoms with van der Waals surface area (Å²) in [5.41, 5.74) is 7.74. The molecule has 2 heterocycles. The Kier molecular flexibility index (Phi) is 9.98. The Hall–Kier alpha value is -1.44. The fraction of sp³-hybridized carbons (Fsp3) is 0.263. The van der Waals surface area contributed by atoms with Crippen LogP contribution in [0.25, 0.3) is 9.88 Å². The number of nitrogens with two attached hydrogens (primary N) is 1. The highest BCUT2D eigenvalue weighted by atomic mass is 35.5. The van der Waals surface area contributed by atoms with Crippen molar-refractivity contribution in [1.29, 1.82) is 0 Å². The van der Waals surface area contributed by atoms with Crippen molar-refractivity contribution in [3.8, 4) is 9.88 Å². The van der Waals surface area contributed by atoms with Crippen molar-refractivity contribution in [2.24, 2.45) is 5.73 Å². The molecule has 0 spiro atoms. The third-order valence-electron chi connectivity index (χ3n) is 3.92. The van der Waals surface area contributed by atoms with E-state index in [1.54, 1.807) is 11.3 Å². The van der Waals surface area contributed by atoms with E-state index in [-0.39, 0.29) is 30.7 Å². The minimum Gasteiger partial charge on any atom is -0.336 e. The van der Waals surface area contributed by atoms with Crippen LogP contribution in [0.3, 0.4) is 0 Å². The van der Waals surface area contributed by atoms with Gasteiger partial charge in [-0.2, -0.15) is 0 Å². The van der Waals surface area contributed by atoms with Crippen LogP contribution in [-0.4, -0.2) is 35.4 Å². The highest BCUT2D eigenvalue weighted by Gasteiger charge is 2.21. The van der Waals surface area contributed by atoms with Gasteiger partial charge in [0.05, 0.1) is 10.6 Å². The van der Waals surface area contributed by atoms with Crippen LogP contribution in [0.5, 0.6) is 0 Å². The molecule has 146 valence electrons. The zero-order valence-electron chi connectivity index (χ0n) is 15.0. The number of thiophene rings is 1. The summed E-state index contributed by atoms with van der Waals surface area (Å²) in [7, 11) is 0. The molecule has 0 aliphatic heterocycles. The smallest absolute Gasteiger partial charge is 0.265 e. The second kappa shape index (κ2) is 11.4. The first-order chi connectivity index (χ1) is 12.2. The quantitative estimate of drug-likeness (QED) is 0.576. The Morgan fingerprint density at radius 1 is 1.11 bits per heavy atom. The lowest BCUT2D eigenvalue weighted by molar-refractivity contribution is 0.0766. The number of amides is 1. The van der Waals surface area contributed by atoms with Gasteiger partial charge in [-0.05, 0) is 30.4 Å². The molecule has 2 N–H and O–H groups in total. The van der Waals surface area contributed by atoms with Crippen molar-refractivity contribution in [2.45, 2.75) is 13.3 Å². The Morgan fingerprint density at radius 2 is 1.85 bits per heavy atom. The van der Waals surface area contributed by atoms with Gasteiger partial charge < -0.3 is 10.6 Å². The third kappa shape index (κ3) is 6.02. The van der Waals surface area contributed by atoms with Gasteiger partial charge in [0, 0.05) is 19.6 Å². The Bertz CT molecular complexity index is 823. The number of aryl methyl sites for hydroxylation is 1. The molecule has 3 aromatic rings. The fourth-order valence-corrected chi connectivity index (χ4v) is 4.45. The van der Waals surface area contributed by atoms with Crippen LogP contribution in [0.1, 0.15) is 20.9 Å². The van der Waals surface area contributed by atoms with Crippen LogP contribution >= 0.6 is 47.5 Å². The molecule has 3 rings (SSSR count). The van der Waals surface area contributed by atoms with Gasteiger partial charge in [-0.1, -0.05) is 36.4 Å². The standard InChI is InChI=1S/C19H21N3OS2.2ClH/c1-14-17(25-18(21-14)16-8-5-13-24-16)19(23)22(12-10-20)11-9-15-6-3-2-4-7-15;;/h2-8,13H,9-12,20H2,1H3;2*1H. The van der Waals surface area contributed by atoms with E-state index in [1.807, 2.05) is 47.5 Å². The van der Waals surface area contributed by atoms with Crippen LogP contribution in [0.4, 0.5) is 0 Å². The number of carbonyl (C=O) groups is 1. The summed E-state index contributed by atoms with van der Waals surface area (Å²) in [6, 6.07) is 14.2. The molecule has 0 unspecified atom stereocenters. The second-order valence-electron chi connectivity index (χ2n) is 5.73. The van der Waals surface area contributed by atoms with E-state index in [9.17, 15) is 4.79 Å². The SMILES string of the molecule is Cc1nc(-c2cccs2)sc1C(=O)N(CCN)CCc1ccccc1.Cl.Cl. The molecule has 4 nitrogen and oxygen atoms in total. The number of aromatic nitrogens is 1. The summed E-state index contributed by atoms with van der Waals surface area (Å²) in [4.78, 5) is 21.2. The number of rotatable bonds is 7. The van der Waals surface area contributed by atoms with Crippen molar-refractivity contribution in [3.63, 3.8) is 0 Å². The number of hydrogen-bond acceptors (Lipinski definition) is 5. The van der Waals surface area contributed by atoms with E-state index in [0.29, 0.717) is 24.5 Å². The minimum atomic E-state index is 0. The van der Waals surface area contributed by atoms with E-state index < -0.39 is 0 Å². The zero-order chi connectivity index (χ0) is 17.6. The van der Waals surface area contributed by atoms with Gasteiger partial charge in [0.2, 0.25) is 0 Å². The number of halogens is 2. The van der Waals surface area contributed by atoms with Gasteiger partial charge in [0.15, 0.2) is 0 Å². The van der Waals surface area contributed by atoms with E-state index >= 15 is 0 Å². The molecule has 0 fully saturated rings. The summed E-state index contributed by atoms with van der Waals surface area (Å²) < 4.78 is 0. The van der Waals surface area contributed by atoms with Crippen LogP contribution in [0.2, 0.25) is 0 Å². The number of thiazole rings is 1. The summed E-state index contributed by atoms with van der Waals surface area (Å²) in [6.45, 7) is 3.57. The molecule has 8 heteroatoms. The molecule has 0 saturated heterocycles.